The number of rotatable bonds is 4. The number of ketones is 1. The number of nitrogens with two attached hydrogens (primary N) is 1. The molecule has 0 radical (unpaired) electrons. The molecule has 3 rings (SSSR count). The number of nitrogens with zero attached hydrogens (tertiary/aromatic N) is 3. The zero-order valence-electron chi connectivity index (χ0n) is 10.6. The Kier molecular flexibility index (Phi) is 3.30. The summed E-state index contributed by atoms with van der Waals surface area (Å²) in [4.78, 5) is 16.5. The van der Waals surface area contributed by atoms with Gasteiger partial charge in [-0.3, -0.25) is 4.79 Å². The fourth-order valence-corrected chi connectivity index (χ4v) is 2.51. The first-order chi connectivity index (χ1) is 9.74. The topological polar surface area (TPSA) is 73.8 Å². The molecule has 2 heterocycles. The van der Waals surface area contributed by atoms with E-state index in [1.165, 1.54) is 11.3 Å². The summed E-state index contributed by atoms with van der Waals surface area (Å²) in [7, 11) is 0. The van der Waals surface area contributed by atoms with Crippen LogP contribution in [0, 0.1) is 0 Å². The summed E-state index contributed by atoms with van der Waals surface area (Å²) in [6, 6.07) is 11.3. The second kappa shape index (κ2) is 5.26. The Bertz CT molecular complexity index is 732. The largest absolute Gasteiger partial charge is 0.375 e. The summed E-state index contributed by atoms with van der Waals surface area (Å²) in [6.07, 6.45) is 1.85. The minimum absolute atomic E-state index is 0.0309. The second-order valence-corrected chi connectivity index (χ2v) is 5.13. The van der Waals surface area contributed by atoms with Crippen molar-refractivity contribution in [1.82, 2.24) is 14.8 Å². The van der Waals surface area contributed by atoms with Gasteiger partial charge in [-0.05, 0) is 18.2 Å². The molecule has 0 amide bonds. The molecule has 0 atom stereocenters. The van der Waals surface area contributed by atoms with Crippen LogP contribution < -0.4 is 5.73 Å². The van der Waals surface area contributed by atoms with Gasteiger partial charge < -0.3 is 5.73 Å². The number of carbonyl (C=O) groups excluding carboxylic acids is 1. The van der Waals surface area contributed by atoms with Gasteiger partial charge in [-0.25, -0.2) is 9.67 Å². The Morgan fingerprint density at radius 1 is 1.25 bits per heavy atom. The number of nitrogen functional groups attached to an aromatic ring is 1. The molecule has 0 aliphatic rings. The lowest BCUT2D eigenvalue weighted by Gasteiger charge is -2.05. The van der Waals surface area contributed by atoms with Crippen LogP contribution in [0.4, 0.5) is 5.13 Å². The molecular weight excluding hydrogens is 272 g/mol. The lowest BCUT2D eigenvalue weighted by atomic mass is 10.2. The van der Waals surface area contributed by atoms with Crippen molar-refractivity contribution in [3.63, 3.8) is 0 Å². The van der Waals surface area contributed by atoms with Crippen LogP contribution in [0.15, 0.2) is 48.0 Å². The number of hydrogen-bond donors (Lipinski definition) is 1. The van der Waals surface area contributed by atoms with Crippen LogP contribution >= 0.6 is 11.3 Å². The normalized spacial score (nSPS) is 10.6. The molecule has 0 fully saturated rings. The lowest BCUT2D eigenvalue weighted by molar-refractivity contribution is 0.0984. The molecule has 0 saturated heterocycles. The van der Waals surface area contributed by atoms with Crippen molar-refractivity contribution in [2.24, 2.45) is 0 Å². The highest BCUT2D eigenvalue weighted by Crippen LogP contribution is 2.15. The molecule has 6 heteroatoms. The van der Waals surface area contributed by atoms with E-state index < -0.39 is 0 Å². The Morgan fingerprint density at radius 2 is 2.05 bits per heavy atom. The predicted molar refractivity (Wildman–Crippen MR) is 78.1 cm³/mol. The SMILES string of the molecule is Nc1nc(CC(=O)c2ccnn2-c2ccccc2)cs1. The molecule has 0 unspecified atom stereocenters. The van der Waals surface area contributed by atoms with E-state index in [0.29, 0.717) is 16.5 Å². The number of Topliss-reactive ketones (excluding diaryl/α,β-unsaturated/α-hetero) is 1. The number of carbonyl (C=O) groups is 1. The van der Waals surface area contributed by atoms with E-state index in [0.717, 1.165) is 5.69 Å². The zero-order valence-corrected chi connectivity index (χ0v) is 11.4. The first-order valence-corrected chi connectivity index (χ1v) is 6.94. The third-order valence-electron chi connectivity index (χ3n) is 2.84. The standard InChI is InChI=1S/C14H12N4OS/c15-14-17-10(9-20-14)8-13(19)12-6-7-16-18(12)11-4-2-1-3-5-11/h1-7,9H,8H2,(H2,15,17). The molecule has 0 saturated carbocycles. The Balaban J connectivity index is 1.88. The third-order valence-corrected chi connectivity index (χ3v) is 3.56. The van der Waals surface area contributed by atoms with Crippen molar-refractivity contribution in [2.45, 2.75) is 6.42 Å². The fourth-order valence-electron chi connectivity index (χ4n) is 1.95. The van der Waals surface area contributed by atoms with Crippen LogP contribution in [0.2, 0.25) is 0 Å². The predicted octanol–water partition coefficient (Wildman–Crippen LogP) is 2.34. The van der Waals surface area contributed by atoms with Gasteiger partial charge >= 0.3 is 0 Å². The second-order valence-electron chi connectivity index (χ2n) is 4.24. The summed E-state index contributed by atoms with van der Waals surface area (Å²) in [5, 5.41) is 6.49. The number of benzene rings is 1. The maximum absolute atomic E-state index is 12.3. The Morgan fingerprint density at radius 3 is 2.75 bits per heavy atom. The first-order valence-electron chi connectivity index (χ1n) is 6.06. The van der Waals surface area contributed by atoms with Crippen LogP contribution in [0.25, 0.3) is 5.69 Å². The van der Waals surface area contributed by atoms with Crippen molar-refractivity contribution in [3.05, 3.63) is 59.4 Å². The molecule has 20 heavy (non-hydrogen) atoms. The van der Waals surface area contributed by atoms with E-state index in [1.54, 1.807) is 22.3 Å². The third kappa shape index (κ3) is 2.46. The maximum atomic E-state index is 12.3. The summed E-state index contributed by atoms with van der Waals surface area (Å²) in [5.74, 6) is -0.0309. The number of anilines is 1. The molecule has 2 N–H and O–H groups in total. The van der Waals surface area contributed by atoms with Gasteiger partial charge in [0.25, 0.3) is 0 Å². The highest BCUT2D eigenvalue weighted by Gasteiger charge is 2.15. The monoisotopic (exact) mass is 284 g/mol. The average Bonchev–Trinajstić information content (AvgIpc) is 3.09. The first kappa shape index (κ1) is 12.6. The molecule has 2 aromatic heterocycles. The van der Waals surface area contributed by atoms with Crippen molar-refractivity contribution >= 4 is 22.3 Å². The van der Waals surface area contributed by atoms with Crippen LogP contribution in [0.1, 0.15) is 16.2 Å². The molecule has 0 bridgehead atoms. The molecule has 0 spiro atoms. The van der Waals surface area contributed by atoms with Crippen molar-refractivity contribution in [2.75, 3.05) is 5.73 Å². The molecule has 0 aliphatic heterocycles. The highest BCUT2D eigenvalue weighted by molar-refractivity contribution is 7.13. The molecular formula is C14H12N4OS. The molecule has 0 aliphatic carbocycles. The van der Waals surface area contributed by atoms with Crippen LogP contribution in [0.3, 0.4) is 0 Å². The Hall–Kier alpha value is -2.47. The van der Waals surface area contributed by atoms with Crippen LogP contribution in [-0.4, -0.2) is 20.5 Å². The van der Waals surface area contributed by atoms with E-state index in [4.69, 9.17) is 5.73 Å². The van der Waals surface area contributed by atoms with Gasteiger partial charge in [0.05, 0.1) is 24.0 Å². The molecule has 3 aromatic rings. The zero-order chi connectivity index (χ0) is 13.9. The highest BCUT2D eigenvalue weighted by atomic mass is 32.1. The van der Waals surface area contributed by atoms with Gasteiger partial charge in [-0.2, -0.15) is 5.10 Å². The summed E-state index contributed by atoms with van der Waals surface area (Å²) in [6.45, 7) is 0. The van der Waals surface area contributed by atoms with Crippen LogP contribution in [-0.2, 0) is 6.42 Å². The number of aromatic nitrogens is 3. The van der Waals surface area contributed by atoms with E-state index in [9.17, 15) is 4.79 Å². The smallest absolute Gasteiger partial charge is 0.187 e. The quantitative estimate of drug-likeness (QED) is 0.746. The van der Waals surface area contributed by atoms with Gasteiger partial charge in [0, 0.05) is 5.38 Å². The van der Waals surface area contributed by atoms with E-state index in [2.05, 4.69) is 10.1 Å². The van der Waals surface area contributed by atoms with Crippen molar-refractivity contribution in [1.29, 1.82) is 0 Å². The molecule has 100 valence electrons. The number of para-hydroxylation sites is 1. The molecule has 1 aromatic carbocycles. The van der Waals surface area contributed by atoms with Crippen LogP contribution in [0.5, 0.6) is 0 Å². The van der Waals surface area contributed by atoms with Gasteiger partial charge in [0.2, 0.25) is 0 Å². The Labute approximate surface area is 119 Å². The summed E-state index contributed by atoms with van der Waals surface area (Å²) < 4.78 is 1.64. The molecule has 5 nitrogen and oxygen atoms in total. The van der Waals surface area contributed by atoms with Crippen molar-refractivity contribution < 1.29 is 4.79 Å². The average molecular weight is 284 g/mol. The number of hydrogen-bond acceptors (Lipinski definition) is 5. The van der Waals surface area contributed by atoms with E-state index >= 15 is 0 Å². The van der Waals surface area contributed by atoms with E-state index in [-0.39, 0.29) is 12.2 Å². The summed E-state index contributed by atoms with van der Waals surface area (Å²) in [5.41, 5.74) is 7.67. The van der Waals surface area contributed by atoms with Gasteiger partial charge in [0.15, 0.2) is 10.9 Å². The van der Waals surface area contributed by atoms with Gasteiger partial charge in [-0.1, -0.05) is 18.2 Å². The minimum Gasteiger partial charge on any atom is -0.375 e. The minimum atomic E-state index is -0.0309. The summed E-state index contributed by atoms with van der Waals surface area (Å²) >= 11 is 1.34. The van der Waals surface area contributed by atoms with Gasteiger partial charge in [0.1, 0.15) is 5.69 Å². The van der Waals surface area contributed by atoms with E-state index in [1.807, 2.05) is 30.3 Å². The van der Waals surface area contributed by atoms with Crippen molar-refractivity contribution in [3.8, 4) is 5.69 Å². The lowest BCUT2D eigenvalue weighted by Crippen LogP contribution is -2.11. The fraction of sp³-hybridized carbons (Fsp3) is 0.0714. The maximum Gasteiger partial charge on any atom is 0.187 e. The van der Waals surface area contributed by atoms with Gasteiger partial charge in [-0.15, -0.1) is 11.3 Å². The number of thiazole rings is 1.